The van der Waals surface area contributed by atoms with Crippen molar-refractivity contribution in [3.8, 4) is 5.75 Å². The van der Waals surface area contributed by atoms with Gasteiger partial charge in [0.25, 0.3) is 0 Å². The largest absolute Gasteiger partial charge is 0.506 e. The lowest BCUT2D eigenvalue weighted by Gasteiger charge is -2.20. The number of halogens is 4. The molecule has 1 unspecified atom stereocenters. The van der Waals surface area contributed by atoms with Crippen LogP contribution in [0.4, 0.5) is 8.78 Å². The third-order valence-electron chi connectivity index (χ3n) is 2.33. The molecule has 0 aliphatic carbocycles. The van der Waals surface area contributed by atoms with Crippen LogP contribution >= 0.6 is 45.2 Å². The molecule has 1 atom stereocenters. The Morgan fingerprint density at radius 2 is 1.90 bits per heavy atom. The molecule has 0 heterocycles. The summed E-state index contributed by atoms with van der Waals surface area (Å²) in [6.45, 7) is 0.766. The van der Waals surface area contributed by atoms with Crippen LogP contribution in [0.15, 0.2) is 12.1 Å². The number of phenolic OH excluding ortho intramolecular Hbond substituents is 1. The Balaban J connectivity index is 3.01. The van der Waals surface area contributed by atoms with Gasteiger partial charge in [-0.2, -0.15) is 8.78 Å². The second-order valence-corrected chi connectivity index (χ2v) is 6.17. The molecule has 0 bridgehead atoms. The first-order valence-electron chi connectivity index (χ1n) is 5.07. The number of benzene rings is 1. The van der Waals surface area contributed by atoms with E-state index in [0.29, 0.717) is 7.14 Å². The molecule has 1 aromatic rings. The summed E-state index contributed by atoms with van der Waals surface area (Å²) in [5.41, 5.74) is -0.297. The lowest BCUT2D eigenvalue weighted by atomic mass is 10.2. The van der Waals surface area contributed by atoms with E-state index < -0.39 is 29.7 Å². The zero-order valence-electron chi connectivity index (χ0n) is 9.86. The maximum atomic E-state index is 13.1. The van der Waals surface area contributed by atoms with Gasteiger partial charge in [-0.25, -0.2) is 9.59 Å². The quantitative estimate of drug-likeness (QED) is 0.480. The van der Waals surface area contributed by atoms with Crippen molar-refractivity contribution < 1.29 is 33.3 Å². The smallest absolute Gasteiger partial charge is 0.378 e. The summed E-state index contributed by atoms with van der Waals surface area (Å²) in [4.78, 5) is 22.1. The first kappa shape index (κ1) is 17.3. The summed E-state index contributed by atoms with van der Waals surface area (Å²) < 4.78 is 31.6. The Hall–Kier alpha value is -0.720. The minimum Gasteiger partial charge on any atom is -0.506 e. The van der Waals surface area contributed by atoms with E-state index in [9.17, 15) is 23.5 Å². The van der Waals surface area contributed by atoms with Crippen LogP contribution in [-0.4, -0.2) is 34.2 Å². The topological polar surface area (TPSA) is 83.8 Å². The van der Waals surface area contributed by atoms with Crippen molar-refractivity contribution in [1.29, 1.82) is 0 Å². The highest BCUT2D eigenvalue weighted by Crippen LogP contribution is 2.29. The van der Waals surface area contributed by atoms with Gasteiger partial charge in [0.15, 0.2) is 6.10 Å². The molecule has 9 heteroatoms. The van der Waals surface area contributed by atoms with Gasteiger partial charge in [0.2, 0.25) is 0 Å². The Morgan fingerprint density at radius 3 is 2.40 bits per heavy atom. The SMILES string of the molecule is CC(OC(=O)c1cc(I)cc(I)c1O)C(F)(F)C(=O)O. The molecule has 20 heavy (non-hydrogen) atoms. The lowest BCUT2D eigenvalue weighted by Crippen LogP contribution is -2.42. The highest BCUT2D eigenvalue weighted by atomic mass is 127. The standard InChI is InChI=1S/C11H8F2I2O5/c1-4(11(12,13)10(18)19)20-9(17)6-2-5(14)3-7(15)8(6)16/h2-4,16H,1H3,(H,18,19). The van der Waals surface area contributed by atoms with Crippen LogP contribution in [0.25, 0.3) is 0 Å². The van der Waals surface area contributed by atoms with Crippen molar-refractivity contribution in [2.45, 2.75) is 19.0 Å². The van der Waals surface area contributed by atoms with E-state index in [-0.39, 0.29) is 5.56 Å². The number of phenols is 1. The fraction of sp³-hybridized carbons (Fsp3) is 0.273. The van der Waals surface area contributed by atoms with Crippen molar-refractivity contribution in [3.63, 3.8) is 0 Å². The summed E-state index contributed by atoms with van der Waals surface area (Å²) in [7, 11) is 0. The fourth-order valence-corrected chi connectivity index (χ4v) is 3.04. The molecule has 2 N–H and O–H groups in total. The number of aromatic hydroxyl groups is 1. The Kier molecular flexibility index (Phi) is 5.52. The highest BCUT2D eigenvalue weighted by Gasteiger charge is 2.47. The van der Waals surface area contributed by atoms with Gasteiger partial charge in [0.1, 0.15) is 11.3 Å². The molecule has 1 rings (SSSR count). The van der Waals surface area contributed by atoms with Gasteiger partial charge in [0, 0.05) is 3.57 Å². The molecule has 1 aromatic carbocycles. The summed E-state index contributed by atoms with van der Waals surface area (Å²) in [6.07, 6.45) is -2.16. The van der Waals surface area contributed by atoms with Crippen LogP contribution in [0.3, 0.4) is 0 Å². The number of alkyl halides is 2. The Bertz CT molecular complexity index is 562. The minimum atomic E-state index is -4.21. The average molecular weight is 512 g/mol. The zero-order chi connectivity index (χ0) is 15.7. The second-order valence-electron chi connectivity index (χ2n) is 3.76. The molecule has 0 saturated carbocycles. The van der Waals surface area contributed by atoms with Crippen molar-refractivity contribution in [2.75, 3.05) is 0 Å². The van der Waals surface area contributed by atoms with E-state index in [1.807, 2.05) is 22.6 Å². The first-order valence-corrected chi connectivity index (χ1v) is 7.23. The van der Waals surface area contributed by atoms with Crippen LogP contribution in [0.5, 0.6) is 5.75 Å². The van der Waals surface area contributed by atoms with Crippen molar-refractivity contribution in [3.05, 3.63) is 24.8 Å². The van der Waals surface area contributed by atoms with Gasteiger partial charge in [-0.1, -0.05) is 0 Å². The molecule has 110 valence electrons. The van der Waals surface area contributed by atoms with Gasteiger partial charge in [-0.05, 0) is 64.2 Å². The summed E-state index contributed by atoms with van der Waals surface area (Å²) >= 11 is 3.64. The number of carboxylic acids is 1. The number of hydrogen-bond donors (Lipinski definition) is 2. The van der Waals surface area contributed by atoms with Gasteiger partial charge in [0.05, 0.1) is 3.57 Å². The molecular weight excluding hydrogens is 504 g/mol. The van der Waals surface area contributed by atoms with E-state index in [4.69, 9.17) is 5.11 Å². The number of esters is 1. The molecule has 0 aliphatic heterocycles. The number of hydrogen-bond acceptors (Lipinski definition) is 4. The van der Waals surface area contributed by atoms with Crippen molar-refractivity contribution in [1.82, 2.24) is 0 Å². The van der Waals surface area contributed by atoms with Crippen LogP contribution in [0.1, 0.15) is 17.3 Å². The van der Waals surface area contributed by atoms with E-state index in [1.165, 1.54) is 6.07 Å². The number of rotatable bonds is 4. The van der Waals surface area contributed by atoms with Gasteiger partial charge in [-0.3, -0.25) is 0 Å². The van der Waals surface area contributed by atoms with Crippen LogP contribution in [0, 0.1) is 7.14 Å². The fourth-order valence-electron chi connectivity index (χ4n) is 1.19. The van der Waals surface area contributed by atoms with Crippen molar-refractivity contribution in [2.24, 2.45) is 0 Å². The van der Waals surface area contributed by atoms with E-state index in [2.05, 4.69) is 4.74 Å². The third-order valence-corrected chi connectivity index (χ3v) is 3.77. The summed E-state index contributed by atoms with van der Waals surface area (Å²) in [5, 5.41) is 18.0. The van der Waals surface area contributed by atoms with Crippen LogP contribution < -0.4 is 0 Å². The Morgan fingerprint density at radius 1 is 1.35 bits per heavy atom. The van der Waals surface area contributed by atoms with E-state index in [1.54, 1.807) is 28.7 Å². The van der Waals surface area contributed by atoms with Gasteiger partial charge in [-0.15, -0.1) is 0 Å². The average Bonchev–Trinajstić information content (AvgIpc) is 2.33. The number of carboxylic acid groups (broad SMARTS) is 1. The maximum Gasteiger partial charge on any atom is 0.378 e. The number of aliphatic carboxylic acids is 1. The number of carbonyl (C=O) groups excluding carboxylic acids is 1. The van der Waals surface area contributed by atoms with E-state index >= 15 is 0 Å². The molecular formula is C11H8F2I2O5. The lowest BCUT2D eigenvalue weighted by molar-refractivity contribution is -0.180. The molecule has 5 nitrogen and oxygen atoms in total. The molecule has 0 aliphatic rings. The molecule has 0 spiro atoms. The predicted octanol–water partition coefficient (Wildman–Crippen LogP) is 2.87. The van der Waals surface area contributed by atoms with Crippen LogP contribution in [-0.2, 0) is 9.53 Å². The van der Waals surface area contributed by atoms with Crippen molar-refractivity contribution >= 4 is 57.1 Å². The normalized spacial score (nSPS) is 12.8. The molecule has 0 saturated heterocycles. The van der Waals surface area contributed by atoms with Gasteiger partial charge >= 0.3 is 17.9 Å². The molecule has 0 amide bonds. The number of ether oxygens (including phenoxy) is 1. The predicted molar refractivity (Wildman–Crippen MR) is 81.0 cm³/mol. The zero-order valence-corrected chi connectivity index (χ0v) is 14.2. The second kappa shape index (κ2) is 6.37. The number of carbonyl (C=O) groups is 2. The molecule has 0 fully saturated rings. The van der Waals surface area contributed by atoms with Gasteiger partial charge < -0.3 is 14.9 Å². The summed E-state index contributed by atoms with van der Waals surface area (Å²) in [5.74, 6) is -8.21. The highest BCUT2D eigenvalue weighted by molar-refractivity contribution is 14.1. The summed E-state index contributed by atoms with van der Waals surface area (Å²) in [6, 6.07) is 2.83. The monoisotopic (exact) mass is 512 g/mol. The first-order chi connectivity index (χ1) is 9.07. The third kappa shape index (κ3) is 3.68. The molecule has 0 radical (unpaired) electrons. The minimum absolute atomic E-state index is 0.297. The molecule has 0 aromatic heterocycles. The van der Waals surface area contributed by atoms with E-state index in [0.717, 1.165) is 6.92 Å². The Labute approximate surface area is 139 Å². The van der Waals surface area contributed by atoms with Crippen LogP contribution in [0.2, 0.25) is 0 Å². The maximum absolute atomic E-state index is 13.1.